The van der Waals surface area contributed by atoms with Gasteiger partial charge in [0.15, 0.2) is 5.69 Å². The first-order chi connectivity index (χ1) is 10.8. The summed E-state index contributed by atoms with van der Waals surface area (Å²) in [5, 5.41) is 2.31. The topological polar surface area (TPSA) is 111 Å². The molecule has 3 rings (SSSR count). The van der Waals surface area contributed by atoms with Crippen molar-refractivity contribution in [1.82, 2.24) is 15.0 Å². The molecule has 2 aromatic heterocycles. The number of carbonyl (C=O) groups is 1. The van der Waals surface area contributed by atoms with Gasteiger partial charge in [0.1, 0.15) is 12.4 Å². The molecule has 1 fully saturated rings. The molecule has 0 unspecified atom stereocenters. The maximum atomic E-state index is 11.1. The molecule has 0 spiro atoms. The van der Waals surface area contributed by atoms with Gasteiger partial charge in [-0.2, -0.15) is 4.98 Å². The van der Waals surface area contributed by atoms with Crippen LogP contribution in [0.3, 0.4) is 0 Å². The van der Waals surface area contributed by atoms with Gasteiger partial charge in [-0.05, 0) is 6.07 Å². The number of amides is 1. The maximum Gasteiger partial charge on any atom is 0.338 e. The summed E-state index contributed by atoms with van der Waals surface area (Å²) in [7, 11) is 0. The van der Waals surface area contributed by atoms with Gasteiger partial charge in [-0.15, -0.1) is 4.91 Å². The number of hydrogen-bond acceptors (Lipinski definition) is 8. The van der Waals surface area contributed by atoms with Crippen LogP contribution in [0.5, 0.6) is 6.01 Å². The summed E-state index contributed by atoms with van der Waals surface area (Å²) in [5.41, 5.74) is -0.0824. The summed E-state index contributed by atoms with van der Waals surface area (Å²) in [6.45, 7) is 1.31. The molecule has 0 radical (unpaired) electrons. The zero-order valence-corrected chi connectivity index (χ0v) is 11.6. The van der Waals surface area contributed by atoms with Crippen LogP contribution in [0.25, 0.3) is 0 Å². The average Bonchev–Trinajstić information content (AvgIpc) is 3.06. The van der Waals surface area contributed by atoms with Crippen LogP contribution in [0, 0.1) is 4.91 Å². The van der Waals surface area contributed by atoms with E-state index in [2.05, 4.69) is 20.1 Å². The van der Waals surface area contributed by atoms with Gasteiger partial charge in [-0.1, -0.05) is 0 Å². The van der Waals surface area contributed by atoms with Crippen LogP contribution >= 0.6 is 0 Å². The Balaban J connectivity index is 1.56. The van der Waals surface area contributed by atoms with Crippen LogP contribution in [0.1, 0.15) is 23.3 Å². The molecule has 1 aliphatic heterocycles. The van der Waals surface area contributed by atoms with Crippen molar-refractivity contribution < 1.29 is 13.9 Å². The van der Waals surface area contributed by atoms with Gasteiger partial charge in [0, 0.05) is 43.5 Å². The Morgan fingerprint density at radius 1 is 1.32 bits per heavy atom. The van der Waals surface area contributed by atoms with Crippen molar-refractivity contribution in [3.05, 3.63) is 35.3 Å². The Kier molecular flexibility index (Phi) is 4.03. The van der Waals surface area contributed by atoms with E-state index in [0.29, 0.717) is 25.1 Å². The van der Waals surface area contributed by atoms with E-state index < -0.39 is 5.91 Å². The SMILES string of the molecule is O=NC(=O)c1coc(N2CCC(Oc3ncccn3)CC2)n1. The average molecular weight is 303 g/mol. The van der Waals surface area contributed by atoms with E-state index in [-0.39, 0.29) is 11.8 Å². The number of anilines is 1. The van der Waals surface area contributed by atoms with Crippen molar-refractivity contribution in [3.63, 3.8) is 0 Å². The van der Waals surface area contributed by atoms with Gasteiger partial charge >= 0.3 is 11.9 Å². The fourth-order valence-electron chi connectivity index (χ4n) is 2.21. The highest BCUT2D eigenvalue weighted by molar-refractivity contribution is 5.92. The minimum Gasteiger partial charge on any atom is -0.460 e. The standard InChI is InChI=1S/C13H13N5O4/c19-11(17-20)10-8-21-13(16-10)18-6-2-9(3-7-18)22-12-14-4-1-5-15-12/h1,4-5,8-9H,2-3,6-7H2. The Hall–Kier alpha value is -2.84. The molecule has 0 saturated carbocycles. The van der Waals surface area contributed by atoms with Gasteiger partial charge in [0.05, 0.1) is 0 Å². The molecule has 114 valence electrons. The van der Waals surface area contributed by atoms with Crippen LogP contribution in [0.15, 0.2) is 34.3 Å². The lowest BCUT2D eigenvalue weighted by molar-refractivity contribution is 0.0996. The Labute approximate surface area is 125 Å². The Morgan fingerprint density at radius 2 is 2.05 bits per heavy atom. The molecule has 2 aromatic rings. The molecule has 1 saturated heterocycles. The quantitative estimate of drug-likeness (QED) is 0.780. The number of nitrogens with zero attached hydrogens (tertiary/aromatic N) is 5. The van der Waals surface area contributed by atoms with Crippen LogP contribution < -0.4 is 9.64 Å². The predicted octanol–water partition coefficient (Wildman–Crippen LogP) is 1.42. The minimum atomic E-state index is -0.936. The molecule has 22 heavy (non-hydrogen) atoms. The van der Waals surface area contributed by atoms with Crippen LogP contribution in [-0.2, 0) is 0 Å². The van der Waals surface area contributed by atoms with Gasteiger partial charge in [0.25, 0.3) is 6.01 Å². The summed E-state index contributed by atoms with van der Waals surface area (Å²) in [5.74, 6) is -0.936. The van der Waals surface area contributed by atoms with E-state index in [1.54, 1.807) is 18.5 Å². The number of carbonyl (C=O) groups excluding carboxylic acids is 1. The third-order valence-corrected chi connectivity index (χ3v) is 3.32. The van der Waals surface area contributed by atoms with Crippen molar-refractivity contribution in [3.8, 4) is 6.01 Å². The third kappa shape index (κ3) is 3.08. The molecule has 0 aliphatic carbocycles. The van der Waals surface area contributed by atoms with Crippen LogP contribution in [0.2, 0.25) is 0 Å². The van der Waals surface area contributed by atoms with Crippen molar-refractivity contribution in [1.29, 1.82) is 0 Å². The Morgan fingerprint density at radius 3 is 2.73 bits per heavy atom. The van der Waals surface area contributed by atoms with Gasteiger partial charge in [-0.25, -0.2) is 9.97 Å². The highest BCUT2D eigenvalue weighted by atomic mass is 16.5. The number of rotatable bonds is 4. The van der Waals surface area contributed by atoms with E-state index in [0.717, 1.165) is 19.1 Å². The molecule has 0 N–H and O–H groups in total. The molecule has 9 nitrogen and oxygen atoms in total. The first kappa shape index (κ1) is 14.1. The number of piperidine rings is 1. The van der Waals surface area contributed by atoms with Crippen LogP contribution in [0.4, 0.5) is 6.01 Å². The van der Waals surface area contributed by atoms with Gasteiger partial charge in [0.2, 0.25) is 0 Å². The number of hydrogen-bond donors (Lipinski definition) is 0. The second-order valence-corrected chi connectivity index (χ2v) is 4.75. The van der Waals surface area contributed by atoms with Crippen molar-refractivity contribution in [2.24, 2.45) is 5.18 Å². The monoisotopic (exact) mass is 303 g/mol. The smallest absolute Gasteiger partial charge is 0.338 e. The minimum absolute atomic E-state index is 0.0198. The van der Waals surface area contributed by atoms with E-state index in [1.807, 2.05) is 4.90 Å². The van der Waals surface area contributed by atoms with E-state index in [4.69, 9.17) is 9.15 Å². The number of nitroso groups, excluding NO2 is 1. The van der Waals surface area contributed by atoms with Crippen molar-refractivity contribution >= 4 is 11.9 Å². The fraction of sp³-hybridized carbons (Fsp3) is 0.385. The third-order valence-electron chi connectivity index (χ3n) is 3.32. The summed E-state index contributed by atoms with van der Waals surface area (Å²) in [4.78, 5) is 35.2. The van der Waals surface area contributed by atoms with Crippen molar-refractivity contribution in [2.75, 3.05) is 18.0 Å². The maximum absolute atomic E-state index is 11.1. The molecule has 3 heterocycles. The largest absolute Gasteiger partial charge is 0.460 e. The number of oxazole rings is 1. The molecular formula is C13H13N5O4. The van der Waals surface area contributed by atoms with E-state index in [1.165, 1.54) is 0 Å². The fourth-order valence-corrected chi connectivity index (χ4v) is 2.21. The second kappa shape index (κ2) is 6.29. The second-order valence-electron chi connectivity index (χ2n) is 4.75. The lowest BCUT2D eigenvalue weighted by Crippen LogP contribution is -2.38. The normalized spacial score (nSPS) is 15.5. The van der Waals surface area contributed by atoms with Gasteiger partial charge in [-0.3, -0.25) is 4.79 Å². The zero-order valence-electron chi connectivity index (χ0n) is 11.6. The van der Waals surface area contributed by atoms with E-state index in [9.17, 15) is 9.70 Å². The molecule has 9 heteroatoms. The highest BCUT2D eigenvalue weighted by Gasteiger charge is 2.25. The van der Waals surface area contributed by atoms with Crippen molar-refractivity contribution in [2.45, 2.75) is 18.9 Å². The van der Waals surface area contributed by atoms with Gasteiger partial charge < -0.3 is 14.1 Å². The number of aromatic nitrogens is 3. The molecule has 0 bridgehead atoms. The summed E-state index contributed by atoms with van der Waals surface area (Å²) in [6.07, 6.45) is 5.91. The predicted molar refractivity (Wildman–Crippen MR) is 74.5 cm³/mol. The van der Waals surface area contributed by atoms with Crippen LogP contribution in [-0.4, -0.2) is 40.1 Å². The summed E-state index contributed by atoms with van der Waals surface area (Å²) < 4.78 is 10.9. The first-order valence-electron chi connectivity index (χ1n) is 6.78. The molecule has 1 amide bonds. The molecule has 0 atom stereocenters. The molecular weight excluding hydrogens is 290 g/mol. The highest BCUT2D eigenvalue weighted by Crippen LogP contribution is 2.21. The Bertz CT molecular complexity index is 651. The van der Waals surface area contributed by atoms with E-state index >= 15 is 0 Å². The molecule has 1 aliphatic rings. The zero-order chi connectivity index (χ0) is 15.4. The lowest BCUT2D eigenvalue weighted by atomic mass is 10.1. The lowest BCUT2D eigenvalue weighted by Gasteiger charge is -2.30. The molecule has 0 aromatic carbocycles. The first-order valence-corrected chi connectivity index (χ1v) is 6.78. The number of ether oxygens (including phenoxy) is 1. The summed E-state index contributed by atoms with van der Waals surface area (Å²) >= 11 is 0. The summed E-state index contributed by atoms with van der Waals surface area (Å²) in [6, 6.07) is 2.40.